The minimum absolute atomic E-state index is 0.0272. The molecule has 3 aromatic carbocycles. The summed E-state index contributed by atoms with van der Waals surface area (Å²) in [5, 5.41) is 20.8. The average Bonchev–Trinajstić information content (AvgIpc) is 3.40. The summed E-state index contributed by atoms with van der Waals surface area (Å²) >= 11 is 0. The van der Waals surface area contributed by atoms with Crippen LogP contribution < -0.4 is 0 Å². The third-order valence-electron chi connectivity index (χ3n) is 5.47. The topological polar surface area (TPSA) is 99.4 Å². The zero-order chi connectivity index (χ0) is 21.7. The van der Waals surface area contributed by atoms with Crippen LogP contribution in [0.25, 0.3) is 44.7 Å². The molecule has 0 aliphatic rings. The van der Waals surface area contributed by atoms with E-state index in [1.54, 1.807) is 6.07 Å². The van der Waals surface area contributed by atoms with Gasteiger partial charge >= 0.3 is 5.97 Å². The third-order valence-corrected chi connectivity index (χ3v) is 5.47. The number of fused-ring (bicyclic) bond motifs is 3. The van der Waals surface area contributed by atoms with Crippen LogP contribution in [-0.4, -0.2) is 26.2 Å². The van der Waals surface area contributed by atoms with E-state index in [4.69, 9.17) is 4.42 Å². The first-order valence-corrected chi connectivity index (χ1v) is 10.00. The number of aromatic nitrogens is 2. The summed E-state index contributed by atoms with van der Waals surface area (Å²) < 4.78 is 6.08. The van der Waals surface area contributed by atoms with Crippen molar-refractivity contribution in [3.8, 4) is 28.7 Å². The van der Waals surface area contributed by atoms with Gasteiger partial charge in [0.15, 0.2) is 11.6 Å². The molecule has 154 valence electrons. The number of aromatic hydroxyl groups is 1. The lowest BCUT2D eigenvalue weighted by Crippen LogP contribution is -1.95. The molecule has 0 saturated carbocycles. The number of carboxylic acids is 1. The van der Waals surface area contributed by atoms with Gasteiger partial charge in [0.1, 0.15) is 17.0 Å². The van der Waals surface area contributed by atoms with Crippen LogP contribution >= 0.6 is 0 Å². The Morgan fingerprint density at radius 1 is 1.03 bits per heavy atom. The molecule has 6 heteroatoms. The number of nitrogens with zero attached hydrogens (tertiary/aromatic N) is 1. The largest absolute Gasteiger partial charge is 0.507 e. The number of furan rings is 1. The Balaban J connectivity index is 1.59. The molecule has 5 rings (SSSR count). The van der Waals surface area contributed by atoms with E-state index in [0.29, 0.717) is 33.8 Å². The number of carbonyl (C=O) groups is 1. The summed E-state index contributed by atoms with van der Waals surface area (Å²) in [5.74, 6) is 1.07. The van der Waals surface area contributed by atoms with Crippen LogP contribution in [0, 0.1) is 0 Å². The molecule has 0 amide bonds. The molecule has 0 unspecified atom stereocenters. The number of nitrogens with one attached hydrogen (secondary N) is 1. The van der Waals surface area contributed by atoms with Crippen LogP contribution in [-0.2, 0) is 0 Å². The Morgan fingerprint density at radius 3 is 2.61 bits per heavy atom. The number of H-pyrrole nitrogens is 1. The van der Waals surface area contributed by atoms with Crippen LogP contribution in [0.5, 0.6) is 5.75 Å². The maximum atomic E-state index is 11.3. The lowest BCUT2D eigenvalue weighted by Gasteiger charge is -2.06. The molecule has 3 N–H and O–H groups in total. The van der Waals surface area contributed by atoms with Gasteiger partial charge in [0.25, 0.3) is 0 Å². The van der Waals surface area contributed by atoms with Gasteiger partial charge < -0.3 is 19.6 Å². The van der Waals surface area contributed by atoms with Crippen molar-refractivity contribution in [1.82, 2.24) is 9.97 Å². The molecule has 2 heterocycles. The van der Waals surface area contributed by atoms with Gasteiger partial charge in [-0.1, -0.05) is 38.1 Å². The van der Waals surface area contributed by atoms with Crippen LogP contribution in [0.2, 0.25) is 0 Å². The summed E-state index contributed by atoms with van der Waals surface area (Å²) in [4.78, 5) is 19.2. The zero-order valence-electron chi connectivity index (χ0n) is 17.0. The highest BCUT2D eigenvalue weighted by Gasteiger charge is 2.16. The molecule has 6 nitrogen and oxygen atoms in total. The van der Waals surface area contributed by atoms with Crippen molar-refractivity contribution in [3.63, 3.8) is 0 Å². The number of rotatable bonds is 4. The number of hydrogen-bond donors (Lipinski definition) is 3. The highest BCUT2D eigenvalue weighted by molar-refractivity contribution is 6.10. The molecule has 0 radical (unpaired) electrons. The summed E-state index contributed by atoms with van der Waals surface area (Å²) in [6.45, 7) is 4.31. The molecular weight excluding hydrogens is 392 g/mol. The second kappa shape index (κ2) is 7.02. The lowest BCUT2D eigenvalue weighted by molar-refractivity contribution is 0.0696. The van der Waals surface area contributed by atoms with E-state index in [1.165, 1.54) is 17.7 Å². The number of hydrogen-bond acceptors (Lipinski definition) is 4. The van der Waals surface area contributed by atoms with E-state index in [2.05, 4.69) is 35.9 Å². The molecule has 0 aliphatic heterocycles. The average molecular weight is 412 g/mol. The smallest absolute Gasteiger partial charge is 0.335 e. The highest BCUT2D eigenvalue weighted by atomic mass is 16.4. The van der Waals surface area contributed by atoms with E-state index in [-0.39, 0.29) is 11.3 Å². The second-order valence-electron chi connectivity index (χ2n) is 7.89. The van der Waals surface area contributed by atoms with Crippen molar-refractivity contribution in [3.05, 3.63) is 71.8 Å². The van der Waals surface area contributed by atoms with Crippen LogP contribution in [0.1, 0.15) is 35.7 Å². The molecule has 0 aliphatic carbocycles. The second-order valence-corrected chi connectivity index (χ2v) is 7.89. The van der Waals surface area contributed by atoms with Gasteiger partial charge in [-0.25, -0.2) is 9.78 Å². The van der Waals surface area contributed by atoms with E-state index < -0.39 is 5.97 Å². The van der Waals surface area contributed by atoms with Crippen LogP contribution in [0.15, 0.2) is 65.1 Å². The number of imidazole rings is 1. The van der Waals surface area contributed by atoms with Gasteiger partial charge in [-0.05, 0) is 53.3 Å². The van der Waals surface area contributed by atoms with Gasteiger partial charge in [0.05, 0.1) is 16.5 Å². The first kappa shape index (κ1) is 18.9. The fourth-order valence-electron chi connectivity index (χ4n) is 3.82. The predicted molar refractivity (Wildman–Crippen MR) is 119 cm³/mol. The summed E-state index contributed by atoms with van der Waals surface area (Å²) in [7, 11) is 0. The molecular formula is C25H20N2O4. The number of aromatic carboxylic acids is 1. The van der Waals surface area contributed by atoms with Crippen LogP contribution in [0.3, 0.4) is 0 Å². The van der Waals surface area contributed by atoms with Gasteiger partial charge in [-0.3, -0.25) is 0 Å². The molecule has 0 saturated heterocycles. The highest BCUT2D eigenvalue weighted by Crippen LogP contribution is 2.35. The van der Waals surface area contributed by atoms with Gasteiger partial charge in [0, 0.05) is 5.56 Å². The quantitative estimate of drug-likeness (QED) is 0.328. The molecule has 0 atom stereocenters. The maximum absolute atomic E-state index is 11.3. The summed E-state index contributed by atoms with van der Waals surface area (Å²) in [5.41, 5.74) is 3.54. The Bertz CT molecular complexity index is 1460. The SMILES string of the molecule is CC(C)c1cccc(-c2ccc(-c3nc4c(ccc5cc(C(=O)O)cc(O)c54)[nH]3)o2)c1. The molecule has 0 bridgehead atoms. The van der Waals surface area contributed by atoms with E-state index >= 15 is 0 Å². The Labute approximate surface area is 177 Å². The number of aromatic amines is 1. The number of phenols is 1. The number of phenolic OH excluding ortho intramolecular Hbond substituents is 1. The lowest BCUT2D eigenvalue weighted by atomic mass is 10.0. The van der Waals surface area contributed by atoms with Gasteiger partial charge in [-0.15, -0.1) is 0 Å². The minimum Gasteiger partial charge on any atom is -0.507 e. The van der Waals surface area contributed by atoms with Crippen molar-refractivity contribution in [1.29, 1.82) is 0 Å². The molecule has 31 heavy (non-hydrogen) atoms. The normalized spacial score (nSPS) is 11.6. The van der Waals surface area contributed by atoms with E-state index in [0.717, 1.165) is 16.8 Å². The van der Waals surface area contributed by atoms with Crippen molar-refractivity contribution < 1.29 is 19.4 Å². The van der Waals surface area contributed by atoms with Gasteiger partial charge in [-0.2, -0.15) is 0 Å². The molecule has 5 aromatic rings. The third kappa shape index (κ3) is 3.22. The minimum atomic E-state index is -1.09. The fourth-order valence-corrected chi connectivity index (χ4v) is 3.82. The Hall–Kier alpha value is -4.06. The summed E-state index contributed by atoms with van der Waals surface area (Å²) in [6, 6.07) is 18.4. The molecule has 0 spiro atoms. The maximum Gasteiger partial charge on any atom is 0.335 e. The van der Waals surface area contributed by atoms with Gasteiger partial charge in [0.2, 0.25) is 0 Å². The monoisotopic (exact) mass is 412 g/mol. The van der Waals surface area contributed by atoms with Crippen molar-refractivity contribution in [2.24, 2.45) is 0 Å². The van der Waals surface area contributed by atoms with Crippen molar-refractivity contribution >= 4 is 27.8 Å². The standard InChI is InChI=1S/C25H20N2O4/c1-13(2)14-4-3-5-15(10-14)20-8-9-21(31-20)24-26-18-7-6-16-11-17(25(29)30)12-19(28)22(16)23(18)27-24/h3-13,28H,1-2H3,(H,26,27)(H,29,30). The number of carboxylic acid groups (broad SMARTS) is 1. The number of benzene rings is 3. The van der Waals surface area contributed by atoms with Crippen molar-refractivity contribution in [2.75, 3.05) is 0 Å². The fraction of sp³-hybridized carbons (Fsp3) is 0.120. The molecule has 0 fully saturated rings. The predicted octanol–water partition coefficient (Wildman–Crippen LogP) is 6.17. The first-order chi connectivity index (χ1) is 14.9. The first-order valence-electron chi connectivity index (χ1n) is 10.00. The van der Waals surface area contributed by atoms with E-state index in [1.807, 2.05) is 30.3 Å². The Morgan fingerprint density at radius 2 is 1.84 bits per heavy atom. The molecule has 2 aromatic heterocycles. The Kier molecular flexibility index (Phi) is 4.29. The zero-order valence-corrected chi connectivity index (χ0v) is 17.0. The van der Waals surface area contributed by atoms with E-state index in [9.17, 15) is 15.0 Å². The summed E-state index contributed by atoms with van der Waals surface area (Å²) in [6.07, 6.45) is 0. The van der Waals surface area contributed by atoms with Crippen molar-refractivity contribution in [2.45, 2.75) is 19.8 Å². The van der Waals surface area contributed by atoms with Crippen LogP contribution in [0.4, 0.5) is 0 Å².